The molecule has 0 fully saturated rings. The quantitative estimate of drug-likeness (QED) is 0.798. The fraction of sp³-hybridized carbons (Fsp3) is 0.368. The molecule has 1 N–H and O–H groups in total. The molecule has 0 radical (unpaired) electrons. The Morgan fingerprint density at radius 1 is 1.04 bits per heavy atom. The Bertz CT molecular complexity index is 677. The number of hydrogen-bond donors (Lipinski definition) is 1. The number of fused-ring (bicyclic) bond motifs is 1. The van der Waals surface area contributed by atoms with Crippen LogP contribution in [0, 0.1) is 0 Å². The Balaban J connectivity index is 1.85. The van der Waals surface area contributed by atoms with Crippen molar-refractivity contribution in [2.45, 2.75) is 39.2 Å². The van der Waals surface area contributed by atoms with Gasteiger partial charge < -0.3 is 10.1 Å². The topological polar surface area (TPSA) is 55.4 Å². The summed E-state index contributed by atoms with van der Waals surface area (Å²) >= 11 is 0. The van der Waals surface area contributed by atoms with E-state index < -0.39 is 0 Å². The third-order valence-electron chi connectivity index (χ3n) is 3.88. The second-order valence-corrected chi connectivity index (χ2v) is 5.60. The molecule has 0 aromatic heterocycles. The zero-order chi connectivity index (χ0) is 16.7. The highest BCUT2D eigenvalue weighted by Gasteiger charge is 2.11. The Hall–Kier alpha value is -2.36. The first-order valence-corrected chi connectivity index (χ1v) is 8.05. The van der Waals surface area contributed by atoms with Gasteiger partial charge in [0.1, 0.15) is 0 Å². The van der Waals surface area contributed by atoms with Crippen LogP contribution in [-0.2, 0) is 20.7 Å². The SMILES string of the molecule is CCC(CC)NC(=O)COC(=O)Cc1ccc2ccccc2c1. The lowest BCUT2D eigenvalue weighted by Gasteiger charge is -2.14. The number of hydrogen-bond acceptors (Lipinski definition) is 3. The zero-order valence-corrected chi connectivity index (χ0v) is 13.7. The van der Waals surface area contributed by atoms with E-state index in [1.54, 1.807) is 0 Å². The fourth-order valence-corrected chi connectivity index (χ4v) is 2.47. The molecule has 0 aliphatic carbocycles. The molecule has 0 unspecified atom stereocenters. The number of ether oxygens (including phenoxy) is 1. The maximum atomic E-state index is 11.9. The van der Waals surface area contributed by atoms with Crippen LogP contribution in [0.2, 0.25) is 0 Å². The number of carbonyl (C=O) groups is 2. The first-order chi connectivity index (χ1) is 11.1. The van der Waals surface area contributed by atoms with Crippen molar-refractivity contribution in [2.75, 3.05) is 6.61 Å². The van der Waals surface area contributed by atoms with Crippen molar-refractivity contribution in [3.63, 3.8) is 0 Å². The molecule has 0 aliphatic rings. The van der Waals surface area contributed by atoms with Gasteiger partial charge in [-0.1, -0.05) is 56.3 Å². The van der Waals surface area contributed by atoms with Crippen molar-refractivity contribution in [2.24, 2.45) is 0 Å². The van der Waals surface area contributed by atoms with E-state index in [1.165, 1.54) is 0 Å². The predicted octanol–water partition coefficient (Wildman–Crippen LogP) is 3.23. The molecule has 122 valence electrons. The summed E-state index contributed by atoms with van der Waals surface area (Å²) in [4.78, 5) is 23.6. The average Bonchev–Trinajstić information content (AvgIpc) is 2.57. The summed E-state index contributed by atoms with van der Waals surface area (Å²) in [6, 6.07) is 14.0. The molecule has 4 heteroatoms. The highest BCUT2D eigenvalue weighted by Crippen LogP contribution is 2.16. The van der Waals surface area contributed by atoms with Crippen LogP contribution in [0.4, 0.5) is 0 Å². The maximum absolute atomic E-state index is 11.9. The summed E-state index contributed by atoms with van der Waals surface area (Å²) in [7, 11) is 0. The zero-order valence-electron chi connectivity index (χ0n) is 13.7. The molecular formula is C19H23NO3. The molecule has 0 heterocycles. The molecule has 0 bridgehead atoms. The van der Waals surface area contributed by atoms with Crippen LogP contribution in [0.1, 0.15) is 32.3 Å². The van der Waals surface area contributed by atoms with Gasteiger partial charge in [0.25, 0.3) is 5.91 Å². The Morgan fingerprint density at radius 2 is 1.74 bits per heavy atom. The molecule has 0 atom stereocenters. The smallest absolute Gasteiger partial charge is 0.310 e. The van der Waals surface area contributed by atoms with Crippen molar-refractivity contribution in [3.8, 4) is 0 Å². The number of rotatable bonds is 7. The number of amides is 1. The monoisotopic (exact) mass is 313 g/mol. The van der Waals surface area contributed by atoms with Crippen LogP contribution in [0.3, 0.4) is 0 Å². The van der Waals surface area contributed by atoms with Gasteiger partial charge in [-0.2, -0.15) is 0 Å². The number of nitrogens with one attached hydrogen (secondary N) is 1. The van der Waals surface area contributed by atoms with Gasteiger partial charge in [0, 0.05) is 6.04 Å². The lowest BCUT2D eigenvalue weighted by Crippen LogP contribution is -2.37. The van der Waals surface area contributed by atoms with E-state index in [0.717, 1.165) is 29.2 Å². The molecule has 2 aromatic carbocycles. The summed E-state index contributed by atoms with van der Waals surface area (Å²) in [6.07, 6.45) is 1.91. The maximum Gasteiger partial charge on any atom is 0.310 e. The minimum absolute atomic E-state index is 0.140. The Labute approximate surface area is 136 Å². The molecule has 0 spiro atoms. The van der Waals surface area contributed by atoms with E-state index >= 15 is 0 Å². The van der Waals surface area contributed by atoms with Crippen LogP contribution >= 0.6 is 0 Å². The van der Waals surface area contributed by atoms with Crippen molar-refractivity contribution >= 4 is 22.6 Å². The van der Waals surface area contributed by atoms with E-state index in [2.05, 4.69) is 5.32 Å². The molecule has 0 aliphatic heterocycles. The summed E-state index contributed by atoms with van der Waals surface area (Å²) < 4.78 is 5.06. The van der Waals surface area contributed by atoms with E-state index in [-0.39, 0.29) is 30.9 Å². The highest BCUT2D eigenvalue weighted by atomic mass is 16.5. The highest BCUT2D eigenvalue weighted by molar-refractivity contribution is 5.85. The first-order valence-electron chi connectivity index (χ1n) is 8.05. The average molecular weight is 313 g/mol. The minimum atomic E-state index is -0.389. The van der Waals surface area contributed by atoms with Gasteiger partial charge in [-0.15, -0.1) is 0 Å². The van der Waals surface area contributed by atoms with Gasteiger partial charge in [0.15, 0.2) is 6.61 Å². The van der Waals surface area contributed by atoms with Gasteiger partial charge in [0.2, 0.25) is 0 Å². The van der Waals surface area contributed by atoms with Crippen molar-refractivity contribution in [3.05, 3.63) is 48.0 Å². The minimum Gasteiger partial charge on any atom is -0.455 e. The second-order valence-electron chi connectivity index (χ2n) is 5.60. The molecule has 0 saturated carbocycles. The molecule has 4 nitrogen and oxygen atoms in total. The van der Waals surface area contributed by atoms with Crippen molar-refractivity contribution in [1.82, 2.24) is 5.32 Å². The predicted molar refractivity (Wildman–Crippen MR) is 91.1 cm³/mol. The van der Waals surface area contributed by atoms with E-state index in [0.29, 0.717) is 0 Å². The van der Waals surface area contributed by atoms with E-state index in [9.17, 15) is 9.59 Å². The molecule has 2 rings (SSSR count). The second kappa shape index (κ2) is 8.32. The first kappa shape index (κ1) is 17.0. The number of benzene rings is 2. The summed E-state index contributed by atoms with van der Waals surface area (Å²) in [5.74, 6) is -0.634. The summed E-state index contributed by atoms with van der Waals surface area (Å²) in [5, 5.41) is 5.06. The van der Waals surface area contributed by atoms with Crippen molar-refractivity contribution < 1.29 is 14.3 Å². The fourth-order valence-electron chi connectivity index (χ4n) is 2.47. The normalized spacial score (nSPS) is 10.7. The molecule has 2 aromatic rings. The lowest BCUT2D eigenvalue weighted by atomic mass is 10.1. The van der Waals surface area contributed by atoms with E-state index in [4.69, 9.17) is 4.74 Å². The van der Waals surface area contributed by atoms with Crippen LogP contribution in [0.15, 0.2) is 42.5 Å². The Kier molecular flexibility index (Phi) is 6.15. The van der Waals surface area contributed by atoms with Crippen LogP contribution < -0.4 is 5.32 Å². The third kappa shape index (κ3) is 5.09. The largest absolute Gasteiger partial charge is 0.455 e. The van der Waals surface area contributed by atoms with Crippen LogP contribution in [0.25, 0.3) is 10.8 Å². The third-order valence-corrected chi connectivity index (χ3v) is 3.88. The Morgan fingerprint density at radius 3 is 2.43 bits per heavy atom. The van der Waals surface area contributed by atoms with Crippen LogP contribution in [-0.4, -0.2) is 24.5 Å². The summed E-state index contributed by atoms with van der Waals surface area (Å²) in [6.45, 7) is 3.81. The lowest BCUT2D eigenvalue weighted by molar-refractivity contribution is -0.148. The molecule has 23 heavy (non-hydrogen) atoms. The molecule has 0 saturated heterocycles. The number of esters is 1. The van der Waals surface area contributed by atoms with Gasteiger partial charge in [-0.25, -0.2) is 0 Å². The number of carbonyl (C=O) groups excluding carboxylic acids is 2. The van der Waals surface area contributed by atoms with Gasteiger partial charge in [-0.3, -0.25) is 9.59 Å². The van der Waals surface area contributed by atoms with Crippen LogP contribution in [0.5, 0.6) is 0 Å². The van der Waals surface area contributed by atoms with Gasteiger partial charge >= 0.3 is 5.97 Å². The standard InChI is InChI=1S/C19H23NO3/c1-3-17(4-2)20-18(21)13-23-19(22)12-14-9-10-15-7-5-6-8-16(15)11-14/h5-11,17H,3-4,12-13H2,1-2H3,(H,20,21). The van der Waals surface area contributed by atoms with Crippen molar-refractivity contribution in [1.29, 1.82) is 0 Å². The molecule has 1 amide bonds. The molecular weight excluding hydrogens is 290 g/mol. The van der Waals surface area contributed by atoms with Gasteiger partial charge in [-0.05, 0) is 29.2 Å². The summed E-state index contributed by atoms with van der Waals surface area (Å²) in [5.41, 5.74) is 0.883. The van der Waals surface area contributed by atoms with Gasteiger partial charge in [0.05, 0.1) is 6.42 Å². The van der Waals surface area contributed by atoms with E-state index in [1.807, 2.05) is 56.3 Å².